The monoisotopic (exact) mass is 250 g/mol. The molecular weight excluding hydrogens is 228 g/mol. The Balaban J connectivity index is 3.69. The quantitative estimate of drug-likeness (QED) is 0.600. The first kappa shape index (κ1) is 15.0. The van der Waals surface area contributed by atoms with E-state index in [1.54, 1.807) is 6.08 Å². The molecule has 0 amide bonds. The molecule has 19 heavy (non-hydrogen) atoms. The second kappa shape index (κ2) is 6.75. The number of hydrogen-bond donors (Lipinski definition) is 0. The lowest BCUT2D eigenvalue weighted by Gasteiger charge is -2.17. The Morgan fingerprint density at radius 3 is 2.00 bits per heavy atom. The molecular formula is C19H22. The molecule has 0 aliphatic rings. The fourth-order valence-corrected chi connectivity index (χ4v) is 2.26. The van der Waals surface area contributed by atoms with E-state index in [0.29, 0.717) is 0 Å². The predicted molar refractivity (Wildman–Crippen MR) is 87.2 cm³/mol. The minimum Gasteiger partial charge on any atom is -0.0990 e. The van der Waals surface area contributed by atoms with E-state index in [4.69, 9.17) is 0 Å². The van der Waals surface area contributed by atoms with Gasteiger partial charge in [-0.1, -0.05) is 62.2 Å². The maximum absolute atomic E-state index is 3.92. The molecule has 0 atom stereocenters. The van der Waals surface area contributed by atoms with Crippen LogP contribution in [-0.4, -0.2) is 0 Å². The van der Waals surface area contributed by atoms with Crippen molar-refractivity contribution in [3.8, 4) is 0 Å². The highest BCUT2D eigenvalue weighted by molar-refractivity contribution is 5.87. The topological polar surface area (TPSA) is 0 Å². The van der Waals surface area contributed by atoms with Crippen LogP contribution < -0.4 is 0 Å². The highest BCUT2D eigenvalue weighted by Crippen LogP contribution is 2.32. The van der Waals surface area contributed by atoms with Crippen LogP contribution in [0.1, 0.15) is 23.6 Å². The van der Waals surface area contributed by atoms with E-state index in [2.05, 4.69) is 58.7 Å². The molecule has 0 aliphatic heterocycles. The van der Waals surface area contributed by atoms with Gasteiger partial charge in [-0.2, -0.15) is 0 Å². The van der Waals surface area contributed by atoms with Crippen LogP contribution in [0.5, 0.6) is 0 Å². The van der Waals surface area contributed by atoms with Gasteiger partial charge in [0.15, 0.2) is 0 Å². The van der Waals surface area contributed by atoms with Gasteiger partial charge in [-0.15, -0.1) is 0 Å². The third-order valence-electron chi connectivity index (χ3n) is 3.24. The first-order valence-corrected chi connectivity index (χ1v) is 6.42. The van der Waals surface area contributed by atoms with Crippen LogP contribution in [-0.2, 0) is 0 Å². The molecule has 0 heteroatoms. The molecule has 0 unspecified atom stereocenters. The summed E-state index contributed by atoms with van der Waals surface area (Å²) in [6.45, 7) is 17.9. The van der Waals surface area contributed by atoms with Crippen LogP contribution in [0.2, 0.25) is 0 Å². The van der Waals surface area contributed by atoms with E-state index in [-0.39, 0.29) is 0 Å². The van der Waals surface area contributed by atoms with Crippen LogP contribution in [0.3, 0.4) is 0 Å². The molecule has 1 aromatic carbocycles. The Hall–Kier alpha value is -2.08. The normalized spacial score (nSPS) is 12.7. The zero-order valence-electron chi connectivity index (χ0n) is 12.2. The van der Waals surface area contributed by atoms with E-state index in [9.17, 15) is 0 Å². The van der Waals surface area contributed by atoms with E-state index in [1.807, 2.05) is 18.2 Å². The smallest absolute Gasteiger partial charge is 0.00772 e. The van der Waals surface area contributed by atoms with Gasteiger partial charge in [0, 0.05) is 0 Å². The van der Waals surface area contributed by atoms with E-state index in [0.717, 1.165) is 11.1 Å². The predicted octanol–water partition coefficient (Wildman–Crippen LogP) is 5.56. The molecule has 1 rings (SSSR count). The van der Waals surface area contributed by atoms with Crippen molar-refractivity contribution in [3.05, 3.63) is 90.1 Å². The fraction of sp³-hybridized carbons (Fsp3) is 0.158. The minimum atomic E-state index is 1.07. The van der Waals surface area contributed by atoms with Crippen molar-refractivity contribution in [2.24, 2.45) is 0 Å². The van der Waals surface area contributed by atoms with Crippen molar-refractivity contribution < 1.29 is 0 Å². The molecule has 0 aliphatic carbocycles. The second-order valence-corrected chi connectivity index (χ2v) is 4.59. The maximum Gasteiger partial charge on any atom is -0.00772 e. The fourth-order valence-electron chi connectivity index (χ4n) is 2.26. The molecule has 0 saturated heterocycles. The molecule has 0 nitrogen and oxygen atoms in total. The summed E-state index contributed by atoms with van der Waals surface area (Å²) >= 11 is 0. The number of allylic oxidation sites excluding steroid dienone is 7. The number of benzene rings is 1. The van der Waals surface area contributed by atoms with Crippen molar-refractivity contribution in [1.82, 2.24) is 0 Å². The maximum atomic E-state index is 3.92. The van der Waals surface area contributed by atoms with Crippen molar-refractivity contribution in [1.29, 1.82) is 0 Å². The van der Waals surface area contributed by atoms with Crippen molar-refractivity contribution in [3.63, 3.8) is 0 Å². The number of rotatable bonds is 5. The van der Waals surface area contributed by atoms with E-state index >= 15 is 0 Å². The van der Waals surface area contributed by atoms with Crippen LogP contribution in [0.25, 0.3) is 5.57 Å². The first-order chi connectivity index (χ1) is 9.06. The Bertz CT molecular complexity index is 545. The Kier molecular flexibility index (Phi) is 5.32. The van der Waals surface area contributed by atoms with Crippen LogP contribution in [0.15, 0.2) is 73.4 Å². The molecule has 0 saturated carbocycles. The molecule has 0 bridgehead atoms. The summed E-state index contributed by atoms with van der Waals surface area (Å²) in [5.41, 5.74) is 7.17. The third kappa shape index (κ3) is 3.23. The minimum absolute atomic E-state index is 1.07. The van der Waals surface area contributed by atoms with Gasteiger partial charge >= 0.3 is 0 Å². The summed E-state index contributed by atoms with van der Waals surface area (Å²) in [7, 11) is 0. The summed E-state index contributed by atoms with van der Waals surface area (Å²) in [4.78, 5) is 0. The van der Waals surface area contributed by atoms with Crippen LogP contribution in [0.4, 0.5) is 0 Å². The average Bonchev–Trinajstić information content (AvgIpc) is 2.40. The van der Waals surface area contributed by atoms with Gasteiger partial charge in [0.05, 0.1) is 0 Å². The highest BCUT2D eigenvalue weighted by atomic mass is 14.2. The van der Waals surface area contributed by atoms with Gasteiger partial charge in [0.25, 0.3) is 0 Å². The Morgan fingerprint density at radius 2 is 1.58 bits per heavy atom. The average molecular weight is 250 g/mol. The van der Waals surface area contributed by atoms with Crippen molar-refractivity contribution in [2.75, 3.05) is 0 Å². The lowest BCUT2D eigenvalue weighted by atomic mass is 9.87. The van der Waals surface area contributed by atoms with Crippen molar-refractivity contribution >= 4 is 5.57 Å². The highest BCUT2D eigenvalue weighted by Gasteiger charge is 2.12. The number of aryl methyl sites for hydroxylation is 2. The molecule has 0 aromatic heterocycles. The van der Waals surface area contributed by atoms with Gasteiger partial charge in [0.1, 0.15) is 0 Å². The van der Waals surface area contributed by atoms with E-state index in [1.165, 1.54) is 22.3 Å². The SMILES string of the molecule is C=C/C=C(C=C)\C(=C(/C)C=C)c1c(C)cccc1C. The molecule has 0 spiro atoms. The summed E-state index contributed by atoms with van der Waals surface area (Å²) in [6.07, 6.45) is 7.54. The molecule has 0 heterocycles. The first-order valence-electron chi connectivity index (χ1n) is 6.42. The van der Waals surface area contributed by atoms with E-state index < -0.39 is 0 Å². The number of hydrogen-bond acceptors (Lipinski definition) is 0. The molecule has 0 fully saturated rings. The molecule has 1 aromatic rings. The van der Waals surface area contributed by atoms with Gasteiger partial charge < -0.3 is 0 Å². The zero-order valence-corrected chi connectivity index (χ0v) is 12.2. The second-order valence-electron chi connectivity index (χ2n) is 4.59. The van der Waals surface area contributed by atoms with Crippen molar-refractivity contribution in [2.45, 2.75) is 20.8 Å². The zero-order chi connectivity index (χ0) is 14.4. The molecule has 0 radical (unpaired) electrons. The Morgan fingerprint density at radius 1 is 1.00 bits per heavy atom. The standard InChI is InChI=1S/C19H22/c1-7-11-17(9-3)19(14(4)8-2)18-15(5)12-10-13-16(18)6/h7-13H,1-3H2,4-6H3/b17-11-,19-14-. The molecule has 98 valence electrons. The lowest BCUT2D eigenvalue weighted by molar-refractivity contribution is 1.32. The summed E-state index contributed by atoms with van der Waals surface area (Å²) in [5.74, 6) is 0. The largest absolute Gasteiger partial charge is 0.0990 e. The Labute approximate surface area is 117 Å². The van der Waals surface area contributed by atoms with Crippen LogP contribution in [0, 0.1) is 13.8 Å². The summed E-state index contributed by atoms with van der Waals surface area (Å²) < 4.78 is 0. The summed E-state index contributed by atoms with van der Waals surface area (Å²) in [5, 5.41) is 0. The van der Waals surface area contributed by atoms with Crippen LogP contribution >= 0.6 is 0 Å². The van der Waals surface area contributed by atoms with Gasteiger partial charge in [-0.25, -0.2) is 0 Å². The van der Waals surface area contributed by atoms with Gasteiger partial charge in [0.2, 0.25) is 0 Å². The van der Waals surface area contributed by atoms with Gasteiger partial charge in [-0.05, 0) is 54.2 Å². The third-order valence-corrected chi connectivity index (χ3v) is 3.24. The molecule has 0 N–H and O–H groups in total. The van der Waals surface area contributed by atoms with Gasteiger partial charge in [-0.3, -0.25) is 0 Å². The lowest BCUT2D eigenvalue weighted by Crippen LogP contribution is -1.97. The summed E-state index contributed by atoms with van der Waals surface area (Å²) in [6, 6.07) is 6.35.